The van der Waals surface area contributed by atoms with E-state index in [1.807, 2.05) is 6.07 Å². The highest BCUT2D eigenvalue weighted by Crippen LogP contribution is 2.40. The molecule has 0 aliphatic carbocycles. The van der Waals surface area contributed by atoms with Gasteiger partial charge in [0.1, 0.15) is 12.4 Å². The lowest BCUT2D eigenvalue weighted by Crippen LogP contribution is -2.09. The molecule has 0 radical (unpaired) electrons. The van der Waals surface area contributed by atoms with Gasteiger partial charge in [-0.05, 0) is 53.6 Å². The van der Waals surface area contributed by atoms with Crippen molar-refractivity contribution >= 4 is 29.8 Å². The molecule has 38 heavy (non-hydrogen) atoms. The molecule has 0 fully saturated rings. The van der Waals surface area contributed by atoms with E-state index < -0.39 is 5.91 Å². The van der Waals surface area contributed by atoms with Gasteiger partial charge in [0.2, 0.25) is 11.7 Å². The summed E-state index contributed by atoms with van der Waals surface area (Å²) >= 11 is 0. The lowest BCUT2D eigenvalue weighted by atomic mass is 10.1. The number of benzene rings is 3. The molecule has 8 nitrogen and oxygen atoms in total. The molecule has 3 aromatic rings. The molecule has 196 valence electrons. The number of carbonyl (C=O) groups excluding carboxylic acids is 1. The molecule has 0 heterocycles. The molecule has 0 bridgehead atoms. The number of ether oxygens (including phenoxy) is 5. The van der Waals surface area contributed by atoms with Gasteiger partial charge in [0.25, 0.3) is 0 Å². The summed E-state index contributed by atoms with van der Waals surface area (Å²) in [5.41, 5.74) is 2.23. The van der Waals surface area contributed by atoms with Crippen LogP contribution in [0.15, 0.2) is 54.6 Å². The summed E-state index contributed by atoms with van der Waals surface area (Å²) < 4.78 is 26.8. The highest BCUT2D eigenvalue weighted by atomic mass is 16.5. The van der Waals surface area contributed by atoms with Crippen molar-refractivity contribution in [2.24, 2.45) is 0 Å². The number of amides is 1. The van der Waals surface area contributed by atoms with Crippen LogP contribution in [0, 0.1) is 12.3 Å². The third kappa shape index (κ3) is 6.80. The summed E-state index contributed by atoms with van der Waals surface area (Å²) in [6, 6.07) is 14.0. The summed E-state index contributed by atoms with van der Waals surface area (Å²) in [6.07, 6.45) is 11.7. The summed E-state index contributed by atoms with van der Waals surface area (Å²) in [5.74, 6) is 4.03. The molecule has 8 heteroatoms. The van der Waals surface area contributed by atoms with Crippen molar-refractivity contribution < 1.29 is 33.6 Å². The zero-order valence-electron chi connectivity index (χ0n) is 21.6. The Kier molecular flexibility index (Phi) is 9.66. The van der Waals surface area contributed by atoms with Gasteiger partial charge in [-0.25, -0.2) is 0 Å². The van der Waals surface area contributed by atoms with Crippen LogP contribution in [0.25, 0.3) is 18.2 Å². The van der Waals surface area contributed by atoms with E-state index in [2.05, 4.69) is 11.2 Å². The molecule has 3 aromatic carbocycles. The molecule has 0 atom stereocenters. The second kappa shape index (κ2) is 13.3. The van der Waals surface area contributed by atoms with Crippen LogP contribution in [0.3, 0.4) is 0 Å². The van der Waals surface area contributed by atoms with E-state index in [9.17, 15) is 9.90 Å². The number of carbonyl (C=O) groups is 1. The number of phenols is 1. The number of anilines is 1. The summed E-state index contributed by atoms with van der Waals surface area (Å²) in [4.78, 5) is 12.8. The smallest absolute Gasteiger partial charge is 0.248 e. The van der Waals surface area contributed by atoms with Gasteiger partial charge in [-0.1, -0.05) is 30.2 Å². The number of methoxy groups -OCH3 is 4. The summed E-state index contributed by atoms with van der Waals surface area (Å²) in [5, 5.41) is 13.5. The molecule has 0 saturated carbocycles. The fourth-order valence-corrected chi connectivity index (χ4v) is 3.58. The first-order chi connectivity index (χ1) is 18.4. The van der Waals surface area contributed by atoms with Gasteiger partial charge in [-0.15, -0.1) is 6.42 Å². The SMILES string of the molecule is C#CCOc1cccc(/C=C/C(=O)Nc2c(/C=C\c3cc(OC)c(OC)c(OC)c3)ccc(OC)c2O)c1. The van der Waals surface area contributed by atoms with Crippen molar-refractivity contribution in [3.63, 3.8) is 0 Å². The molecule has 0 aliphatic heterocycles. The van der Waals surface area contributed by atoms with E-state index in [-0.39, 0.29) is 23.8 Å². The quantitative estimate of drug-likeness (QED) is 0.156. The van der Waals surface area contributed by atoms with Crippen molar-refractivity contribution in [2.75, 3.05) is 40.4 Å². The maximum atomic E-state index is 12.8. The standard InChI is InChI=1S/C30H29NO7/c1-6-16-38-23-9-7-8-20(17-23)11-15-27(32)31-28-22(13-14-24(34-2)29(28)33)12-10-21-18-25(35-3)30(37-5)26(19-21)36-4/h1,7-15,17-19,33H,16H2,2-5H3,(H,31,32)/b12-10-,15-11+. The van der Waals surface area contributed by atoms with Crippen LogP contribution < -0.4 is 29.0 Å². The second-order valence-electron chi connectivity index (χ2n) is 7.76. The van der Waals surface area contributed by atoms with E-state index in [1.165, 1.54) is 34.5 Å². The number of hydrogen-bond acceptors (Lipinski definition) is 7. The van der Waals surface area contributed by atoms with Crippen molar-refractivity contribution in [1.29, 1.82) is 0 Å². The molecule has 3 rings (SSSR count). The first-order valence-corrected chi connectivity index (χ1v) is 11.5. The predicted molar refractivity (Wildman–Crippen MR) is 148 cm³/mol. The Morgan fingerprint density at radius 1 is 0.895 bits per heavy atom. The normalized spacial score (nSPS) is 10.7. The number of rotatable bonds is 11. The van der Waals surface area contributed by atoms with Crippen LogP contribution in [0.5, 0.6) is 34.5 Å². The first-order valence-electron chi connectivity index (χ1n) is 11.5. The van der Waals surface area contributed by atoms with Crippen molar-refractivity contribution in [2.45, 2.75) is 0 Å². The summed E-state index contributed by atoms with van der Waals surface area (Å²) in [6.45, 7) is 0.148. The van der Waals surface area contributed by atoms with E-state index in [0.717, 1.165) is 11.1 Å². The Hall–Kier alpha value is -5.03. The Morgan fingerprint density at radius 2 is 1.61 bits per heavy atom. The zero-order chi connectivity index (χ0) is 27.5. The van der Waals surface area contributed by atoms with Crippen molar-refractivity contribution in [3.8, 4) is 46.8 Å². The lowest BCUT2D eigenvalue weighted by Gasteiger charge is -2.14. The molecule has 0 unspecified atom stereocenters. The molecule has 0 saturated heterocycles. The monoisotopic (exact) mass is 515 g/mol. The minimum atomic E-state index is -0.453. The predicted octanol–water partition coefficient (Wildman–Crippen LogP) is 5.26. The minimum absolute atomic E-state index is 0.148. The van der Waals surface area contributed by atoms with E-state index in [4.69, 9.17) is 30.1 Å². The Morgan fingerprint density at radius 3 is 2.24 bits per heavy atom. The largest absolute Gasteiger partial charge is 0.503 e. The Balaban J connectivity index is 1.88. The maximum Gasteiger partial charge on any atom is 0.248 e. The van der Waals surface area contributed by atoms with Crippen molar-refractivity contribution in [1.82, 2.24) is 0 Å². The average Bonchev–Trinajstić information content (AvgIpc) is 2.94. The van der Waals surface area contributed by atoms with Crippen LogP contribution in [0.4, 0.5) is 5.69 Å². The molecule has 1 amide bonds. The molecular weight excluding hydrogens is 486 g/mol. The number of nitrogens with one attached hydrogen (secondary N) is 1. The van der Waals surface area contributed by atoms with Crippen LogP contribution in [0.2, 0.25) is 0 Å². The van der Waals surface area contributed by atoms with Crippen LogP contribution >= 0.6 is 0 Å². The maximum absolute atomic E-state index is 12.8. The molecule has 0 spiro atoms. The number of phenolic OH excluding ortho intramolecular Hbond substituents is 1. The van der Waals surface area contributed by atoms with Gasteiger partial charge in [-0.2, -0.15) is 0 Å². The van der Waals surface area contributed by atoms with Crippen molar-refractivity contribution in [3.05, 3.63) is 71.3 Å². The number of hydrogen-bond donors (Lipinski definition) is 2. The fourth-order valence-electron chi connectivity index (χ4n) is 3.58. The van der Waals surface area contributed by atoms with Crippen LogP contribution in [-0.2, 0) is 4.79 Å². The third-order valence-electron chi connectivity index (χ3n) is 5.39. The number of aromatic hydroxyl groups is 1. The molecular formula is C30H29NO7. The minimum Gasteiger partial charge on any atom is -0.503 e. The highest BCUT2D eigenvalue weighted by molar-refractivity contribution is 6.04. The van der Waals surface area contributed by atoms with E-state index in [1.54, 1.807) is 60.7 Å². The second-order valence-corrected chi connectivity index (χ2v) is 7.76. The van der Waals surface area contributed by atoms with Gasteiger partial charge in [-0.3, -0.25) is 4.79 Å². The third-order valence-corrected chi connectivity index (χ3v) is 5.39. The highest BCUT2D eigenvalue weighted by Gasteiger charge is 2.15. The van der Waals surface area contributed by atoms with Gasteiger partial charge in [0.05, 0.1) is 34.1 Å². The van der Waals surface area contributed by atoms with Crippen LogP contribution in [0.1, 0.15) is 16.7 Å². The first kappa shape index (κ1) is 27.6. The zero-order valence-corrected chi connectivity index (χ0v) is 21.6. The molecule has 2 N–H and O–H groups in total. The molecule has 0 aromatic heterocycles. The average molecular weight is 516 g/mol. The lowest BCUT2D eigenvalue weighted by molar-refractivity contribution is -0.111. The summed E-state index contributed by atoms with van der Waals surface area (Å²) in [7, 11) is 6.03. The van der Waals surface area contributed by atoms with Gasteiger partial charge >= 0.3 is 0 Å². The number of terminal acetylenes is 1. The van der Waals surface area contributed by atoms with Gasteiger partial charge < -0.3 is 34.1 Å². The van der Waals surface area contributed by atoms with Gasteiger partial charge in [0, 0.05) is 11.6 Å². The van der Waals surface area contributed by atoms with E-state index in [0.29, 0.717) is 28.6 Å². The topological polar surface area (TPSA) is 95.5 Å². The van der Waals surface area contributed by atoms with Crippen LogP contribution in [-0.4, -0.2) is 46.1 Å². The fraction of sp³-hybridized carbons (Fsp3) is 0.167. The van der Waals surface area contributed by atoms with E-state index >= 15 is 0 Å². The van der Waals surface area contributed by atoms with Gasteiger partial charge in [0.15, 0.2) is 23.0 Å². The molecule has 0 aliphatic rings. The Labute approximate surface area is 222 Å². The Bertz CT molecular complexity index is 1360.